The van der Waals surface area contributed by atoms with Gasteiger partial charge in [-0.1, -0.05) is 39.0 Å². The molecule has 1 unspecified atom stereocenters. The third-order valence-corrected chi connectivity index (χ3v) is 2.85. The van der Waals surface area contributed by atoms with Gasteiger partial charge in [0.25, 0.3) is 0 Å². The van der Waals surface area contributed by atoms with Gasteiger partial charge in [-0.3, -0.25) is 4.79 Å². The summed E-state index contributed by atoms with van der Waals surface area (Å²) < 4.78 is 5.53. The average Bonchev–Trinajstić information content (AvgIpc) is 2.37. The third-order valence-electron chi connectivity index (χ3n) is 2.85. The fraction of sp³-hybridized carbons (Fsp3) is 0.533. The van der Waals surface area contributed by atoms with Crippen molar-refractivity contribution in [2.75, 3.05) is 13.2 Å². The number of benzene rings is 1. The molecule has 1 atom stereocenters. The maximum absolute atomic E-state index is 11.7. The number of carbonyl (C=O) groups is 1. The zero-order chi connectivity index (χ0) is 14.3. The molecule has 4 nitrogen and oxygen atoms in total. The zero-order valence-corrected chi connectivity index (χ0v) is 12.0. The first-order valence-electron chi connectivity index (χ1n) is 6.62. The predicted octanol–water partition coefficient (Wildman–Crippen LogP) is 1.95. The minimum atomic E-state index is -0.484. The lowest BCUT2D eigenvalue weighted by Crippen LogP contribution is -2.48. The highest BCUT2D eigenvalue weighted by Crippen LogP contribution is 2.17. The Bertz CT molecular complexity index is 385. The molecule has 0 spiro atoms. The fourth-order valence-corrected chi connectivity index (χ4v) is 1.49. The van der Waals surface area contributed by atoms with E-state index in [1.165, 1.54) is 0 Å². The first kappa shape index (κ1) is 15.5. The summed E-state index contributed by atoms with van der Waals surface area (Å²) >= 11 is 0. The molecule has 0 aliphatic carbocycles. The normalized spacial score (nSPS) is 12.8. The molecule has 1 aromatic carbocycles. The van der Waals surface area contributed by atoms with Crippen LogP contribution in [0.1, 0.15) is 27.2 Å². The van der Waals surface area contributed by atoms with E-state index < -0.39 is 6.04 Å². The Kier molecular flexibility index (Phi) is 5.83. The van der Waals surface area contributed by atoms with Crippen LogP contribution in [0.15, 0.2) is 30.3 Å². The third kappa shape index (κ3) is 5.75. The topological polar surface area (TPSA) is 64.4 Å². The Morgan fingerprint density at radius 1 is 1.32 bits per heavy atom. The van der Waals surface area contributed by atoms with Gasteiger partial charge in [-0.05, 0) is 24.0 Å². The molecule has 1 aromatic rings. The standard InChI is InChI=1S/C15H24N2O2/c1-15(2,3)13(16)14(18)17-10-7-11-19-12-8-5-4-6-9-12/h4-6,8-9,13H,7,10-11,16H2,1-3H3,(H,17,18). The maximum atomic E-state index is 11.7. The molecule has 106 valence electrons. The van der Waals surface area contributed by atoms with Crippen LogP contribution in [-0.2, 0) is 4.79 Å². The van der Waals surface area contributed by atoms with Crippen molar-refractivity contribution < 1.29 is 9.53 Å². The highest BCUT2D eigenvalue weighted by molar-refractivity contribution is 5.82. The van der Waals surface area contributed by atoms with Crippen molar-refractivity contribution in [3.8, 4) is 5.75 Å². The predicted molar refractivity (Wildman–Crippen MR) is 77.0 cm³/mol. The molecule has 0 fully saturated rings. The van der Waals surface area contributed by atoms with Gasteiger partial charge in [0.15, 0.2) is 0 Å². The van der Waals surface area contributed by atoms with Gasteiger partial charge in [-0.25, -0.2) is 0 Å². The number of nitrogens with one attached hydrogen (secondary N) is 1. The van der Waals surface area contributed by atoms with Gasteiger partial charge in [0.05, 0.1) is 12.6 Å². The molecule has 0 radical (unpaired) electrons. The smallest absolute Gasteiger partial charge is 0.237 e. The molecule has 1 amide bonds. The van der Waals surface area contributed by atoms with E-state index in [1.807, 2.05) is 51.1 Å². The fourth-order valence-electron chi connectivity index (χ4n) is 1.49. The number of hydrogen-bond donors (Lipinski definition) is 2. The van der Waals surface area contributed by atoms with E-state index in [9.17, 15) is 4.79 Å². The largest absolute Gasteiger partial charge is 0.494 e. The van der Waals surface area contributed by atoms with Crippen molar-refractivity contribution in [3.63, 3.8) is 0 Å². The van der Waals surface area contributed by atoms with Crippen molar-refractivity contribution in [1.29, 1.82) is 0 Å². The Labute approximate surface area is 115 Å². The van der Waals surface area contributed by atoms with Crippen LogP contribution in [0.25, 0.3) is 0 Å². The molecular weight excluding hydrogens is 240 g/mol. The molecule has 0 aromatic heterocycles. The summed E-state index contributed by atoms with van der Waals surface area (Å²) in [5.41, 5.74) is 5.64. The van der Waals surface area contributed by atoms with Gasteiger partial charge >= 0.3 is 0 Å². The van der Waals surface area contributed by atoms with E-state index in [0.717, 1.165) is 12.2 Å². The molecule has 4 heteroatoms. The lowest BCUT2D eigenvalue weighted by atomic mass is 9.87. The summed E-state index contributed by atoms with van der Waals surface area (Å²) in [4.78, 5) is 11.7. The minimum absolute atomic E-state index is 0.104. The Morgan fingerprint density at radius 2 is 1.95 bits per heavy atom. The van der Waals surface area contributed by atoms with Gasteiger partial charge in [0.2, 0.25) is 5.91 Å². The molecule has 3 N–H and O–H groups in total. The maximum Gasteiger partial charge on any atom is 0.237 e. The van der Waals surface area contributed by atoms with Crippen LogP contribution in [-0.4, -0.2) is 25.1 Å². The molecule has 0 saturated heterocycles. The van der Waals surface area contributed by atoms with Crippen LogP contribution < -0.4 is 15.8 Å². The second kappa shape index (κ2) is 7.14. The van der Waals surface area contributed by atoms with Gasteiger partial charge in [-0.2, -0.15) is 0 Å². The molecule has 0 aliphatic rings. The summed E-state index contributed by atoms with van der Waals surface area (Å²) in [5, 5.41) is 2.83. The number of hydrogen-bond acceptors (Lipinski definition) is 3. The Hall–Kier alpha value is -1.55. The van der Waals surface area contributed by atoms with Crippen LogP contribution >= 0.6 is 0 Å². The number of carbonyl (C=O) groups excluding carboxylic acids is 1. The summed E-state index contributed by atoms with van der Waals surface area (Å²) in [6, 6.07) is 9.14. The summed E-state index contributed by atoms with van der Waals surface area (Å²) in [5.74, 6) is 0.743. The monoisotopic (exact) mass is 264 g/mol. The summed E-state index contributed by atoms with van der Waals surface area (Å²) in [6.45, 7) is 7.02. The van der Waals surface area contributed by atoms with Crippen molar-refractivity contribution in [2.24, 2.45) is 11.1 Å². The highest BCUT2D eigenvalue weighted by atomic mass is 16.5. The Morgan fingerprint density at radius 3 is 2.53 bits per heavy atom. The minimum Gasteiger partial charge on any atom is -0.494 e. The number of rotatable bonds is 6. The molecule has 0 bridgehead atoms. The second-order valence-corrected chi connectivity index (χ2v) is 5.65. The van der Waals surface area contributed by atoms with Gasteiger partial charge in [-0.15, -0.1) is 0 Å². The van der Waals surface area contributed by atoms with Crippen LogP contribution in [0, 0.1) is 5.41 Å². The van der Waals surface area contributed by atoms with E-state index in [2.05, 4.69) is 5.32 Å². The van der Waals surface area contributed by atoms with Gasteiger partial charge < -0.3 is 15.8 Å². The Balaban J connectivity index is 2.16. The number of para-hydroxylation sites is 1. The van der Waals surface area contributed by atoms with E-state index in [1.54, 1.807) is 0 Å². The highest BCUT2D eigenvalue weighted by Gasteiger charge is 2.26. The lowest BCUT2D eigenvalue weighted by Gasteiger charge is -2.25. The summed E-state index contributed by atoms with van der Waals surface area (Å²) in [7, 11) is 0. The first-order chi connectivity index (χ1) is 8.91. The van der Waals surface area contributed by atoms with Crippen LogP contribution in [0.2, 0.25) is 0 Å². The number of ether oxygens (including phenoxy) is 1. The molecule has 1 rings (SSSR count). The van der Waals surface area contributed by atoms with Gasteiger partial charge in [0, 0.05) is 6.54 Å². The molecule has 0 saturated carbocycles. The van der Waals surface area contributed by atoms with Crippen LogP contribution in [0.5, 0.6) is 5.75 Å². The quantitative estimate of drug-likeness (QED) is 0.772. The van der Waals surface area contributed by atoms with E-state index in [0.29, 0.717) is 13.2 Å². The van der Waals surface area contributed by atoms with Crippen LogP contribution in [0.3, 0.4) is 0 Å². The van der Waals surface area contributed by atoms with Crippen molar-refractivity contribution >= 4 is 5.91 Å². The van der Waals surface area contributed by atoms with E-state index in [-0.39, 0.29) is 11.3 Å². The lowest BCUT2D eigenvalue weighted by molar-refractivity contribution is -0.124. The SMILES string of the molecule is CC(C)(C)C(N)C(=O)NCCCOc1ccccc1. The molecule has 19 heavy (non-hydrogen) atoms. The van der Waals surface area contributed by atoms with Crippen molar-refractivity contribution in [1.82, 2.24) is 5.32 Å². The van der Waals surface area contributed by atoms with E-state index >= 15 is 0 Å². The summed E-state index contributed by atoms with van der Waals surface area (Å²) in [6.07, 6.45) is 0.761. The van der Waals surface area contributed by atoms with Crippen molar-refractivity contribution in [3.05, 3.63) is 30.3 Å². The zero-order valence-electron chi connectivity index (χ0n) is 12.0. The first-order valence-corrected chi connectivity index (χ1v) is 6.62. The van der Waals surface area contributed by atoms with Gasteiger partial charge in [0.1, 0.15) is 5.75 Å². The van der Waals surface area contributed by atoms with Crippen LogP contribution in [0.4, 0.5) is 0 Å². The van der Waals surface area contributed by atoms with E-state index in [4.69, 9.17) is 10.5 Å². The van der Waals surface area contributed by atoms with Crippen molar-refractivity contribution in [2.45, 2.75) is 33.2 Å². The molecule has 0 heterocycles. The number of amides is 1. The number of nitrogens with two attached hydrogens (primary N) is 1. The second-order valence-electron chi connectivity index (χ2n) is 5.65. The average molecular weight is 264 g/mol. The molecule has 0 aliphatic heterocycles. The molecular formula is C15H24N2O2.